The summed E-state index contributed by atoms with van der Waals surface area (Å²) in [6.45, 7) is 1.82. The van der Waals surface area contributed by atoms with Crippen LogP contribution in [0.15, 0.2) is 48.7 Å². The first-order valence-corrected chi connectivity index (χ1v) is 9.41. The highest BCUT2D eigenvalue weighted by Gasteiger charge is 2.11. The minimum absolute atomic E-state index is 0.0249. The minimum Gasteiger partial charge on any atom is -0.394 e. The highest BCUT2D eigenvalue weighted by Crippen LogP contribution is 2.28. The van der Waals surface area contributed by atoms with Gasteiger partial charge in [-0.05, 0) is 59.8 Å². The largest absolute Gasteiger partial charge is 0.394 e. The second kappa shape index (κ2) is 8.61. The molecule has 0 amide bonds. The van der Waals surface area contributed by atoms with E-state index in [0.29, 0.717) is 22.5 Å². The SMILES string of the molecule is C[C@@H](CO)Nc1nc(Nc2ccc(I)cc2Cl)cc(-c2ccccn2)n1. The van der Waals surface area contributed by atoms with Crippen molar-refractivity contribution in [1.82, 2.24) is 15.0 Å². The molecule has 6 nitrogen and oxygen atoms in total. The van der Waals surface area contributed by atoms with Gasteiger partial charge in [-0.3, -0.25) is 4.98 Å². The first kappa shape index (κ1) is 18.8. The molecule has 0 aliphatic carbocycles. The second-order valence-corrected chi connectivity index (χ2v) is 7.31. The molecule has 3 rings (SSSR count). The number of halogens is 2. The van der Waals surface area contributed by atoms with Crippen molar-refractivity contribution in [2.45, 2.75) is 13.0 Å². The van der Waals surface area contributed by atoms with Gasteiger partial charge in [0.1, 0.15) is 5.82 Å². The molecule has 0 saturated heterocycles. The van der Waals surface area contributed by atoms with Gasteiger partial charge in [0.2, 0.25) is 5.95 Å². The fraction of sp³-hybridized carbons (Fsp3) is 0.167. The van der Waals surface area contributed by atoms with Crippen LogP contribution in [-0.2, 0) is 0 Å². The van der Waals surface area contributed by atoms with Crippen LogP contribution >= 0.6 is 34.2 Å². The Hall–Kier alpha value is -1.97. The van der Waals surface area contributed by atoms with Crippen molar-refractivity contribution in [1.29, 1.82) is 0 Å². The van der Waals surface area contributed by atoms with Gasteiger partial charge in [-0.1, -0.05) is 17.7 Å². The van der Waals surface area contributed by atoms with Crippen LogP contribution in [0.3, 0.4) is 0 Å². The summed E-state index contributed by atoms with van der Waals surface area (Å²) >= 11 is 8.52. The van der Waals surface area contributed by atoms with Crippen LogP contribution in [0, 0.1) is 3.57 Å². The number of aliphatic hydroxyl groups is 1. The molecule has 3 aromatic rings. The summed E-state index contributed by atoms with van der Waals surface area (Å²) < 4.78 is 1.05. The summed E-state index contributed by atoms with van der Waals surface area (Å²) in [5, 5.41) is 16.2. The predicted molar refractivity (Wildman–Crippen MR) is 113 cm³/mol. The molecule has 1 atom stereocenters. The lowest BCUT2D eigenvalue weighted by Gasteiger charge is -2.14. The van der Waals surface area contributed by atoms with Crippen molar-refractivity contribution in [3.63, 3.8) is 0 Å². The average Bonchev–Trinajstić information content (AvgIpc) is 2.64. The Balaban J connectivity index is 1.98. The van der Waals surface area contributed by atoms with E-state index < -0.39 is 0 Å². The van der Waals surface area contributed by atoms with Crippen molar-refractivity contribution in [2.24, 2.45) is 0 Å². The molecule has 0 spiro atoms. The van der Waals surface area contributed by atoms with Crippen LogP contribution in [0.4, 0.5) is 17.5 Å². The molecule has 0 saturated carbocycles. The summed E-state index contributed by atoms with van der Waals surface area (Å²) in [6.07, 6.45) is 1.71. The van der Waals surface area contributed by atoms with E-state index in [1.807, 2.05) is 49.4 Å². The monoisotopic (exact) mass is 481 g/mol. The van der Waals surface area contributed by atoms with Gasteiger partial charge in [0.25, 0.3) is 0 Å². The fourth-order valence-electron chi connectivity index (χ4n) is 2.22. The lowest BCUT2D eigenvalue weighted by molar-refractivity contribution is 0.281. The van der Waals surface area contributed by atoms with Gasteiger partial charge in [0.15, 0.2) is 0 Å². The van der Waals surface area contributed by atoms with Crippen molar-refractivity contribution in [3.05, 3.63) is 57.3 Å². The van der Waals surface area contributed by atoms with Crippen LogP contribution in [-0.4, -0.2) is 32.7 Å². The summed E-state index contributed by atoms with van der Waals surface area (Å²) in [5.41, 5.74) is 2.14. The van der Waals surface area contributed by atoms with E-state index in [1.165, 1.54) is 0 Å². The van der Waals surface area contributed by atoms with Gasteiger partial charge in [-0.25, -0.2) is 4.98 Å². The molecule has 0 radical (unpaired) electrons. The number of pyridine rings is 1. The Morgan fingerprint density at radius 2 is 2.00 bits per heavy atom. The van der Waals surface area contributed by atoms with Gasteiger partial charge >= 0.3 is 0 Å². The molecule has 0 aliphatic heterocycles. The molecule has 2 heterocycles. The molecule has 1 aromatic carbocycles. The lowest BCUT2D eigenvalue weighted by Crippen LogP contribution is -2.21. The topological polar surface area (TPSA) is 83.0 Å². The minimum atomic E-state index is -0.177. The van der Waals surface area contributed by atoms with Gasteiger partial charge in [0.05, 0.1) is 28.7 Å². The van der Waals surface area contributed by atoms with Crippen molar-refractivity contribution >= 4 is 51.6 Å². The van der Waals surface area contributed by atoms with Crippen molar-refractivity contribution < 1.29 is 5.11 Å². The Kier molecular flexibility index (Phi) is 6.23. The van der Waals surface area contributed by atoms with Gasteiger partial charge < -0.3 is 15.7 Å². The van der Waals surface area contributed by atoms with E-state index in [0.717, 1.165) is 15.0 Å². The third-order valence-corrected chi connectivity index (χ3v) is 4.48. The number of nitrogens with one attached hydrogen (secondary N) is 2. The predicted octanol–water partition coefficient (Wildman–Crippen LogP) is 4.33. The zero-order valence-electron chi connectivity index (χ0n) is 13.9. The highest BCUT2D eigenvalue weighted by molar-refractivity contribution is 14.1. The Morgan fingerprint density at radius 1 is 1.15 bits per heavy atom. The number of benzene rings is 1. The first-order valence-electron chi connectivity index (χ1n) is 7.95. The fourth-order valence-corrected chi connectivity index (χ4v) is 3.12. The second-order valence-electron chi connectivity index (χ2n) is 5.65. The number of hydrogen-bond donors (Lipinski definition) is 3. The standard InChI is InChI=1S/C18H17ClIN5O/c1-11(10-26)22-18-24-16(15-4-2-3-7-21-15)9-17(25-18)23-14-6-5-12(20)8-13(14)19/h2-9,11,26H,10H2,1H3,(H2,22,23,24,25)/t11-/m0/s1. The number of hydrogen-bond acceptors (Lipinski definition) is 6. The number of aromatic nitrogens is 3. The summed E-state index contributed by atoms with van der Waals surface area (Å²) in [4.78, 5) is 13.3. The maximum atomic E-state index is 9.29. The summed E-state index contributed by atoms with van der Waals surface area (Å²) in [5.74, 6) is 0.982. The number of aliphatic hydroxyl groups excluding tert-OH is 1. The maximum Gasteiger partial charge on any atom is 0.225 e. The summed E-state index contributed by atoms with van der Waals surface area (Å²) in [7, 11) is 0. The van der Waals surface area contributed by atoms with Crippen LogP contribution in [0.25, 0.3) is 11.4 Å². The zero-order valence-corrected chi connectivity index (χ0v) is 16.9. The third-order valence-electron chi connectivity index (χ3n) is 3.50. The van der Waals surface area contributed by atoms with Crippen LogP contribution in [0.1, 0.15) is 6.92 Å². The van der Waals surface area contributed by atoms with Crippen LogP contribution in [0.2, 0.25) is 5.02 Å². The van der Waals surface area contributed by atoms with Crippen LogP contribution in [0.5, 0.6) is 0 Å². The quantitative estimate of drug-likeness (QED) is 0.455. The molecule has 26 heavy (non-hydrogen) atoms. The van der Waals surface area contributed by atoms with Crippen molar-refractivity contribution in [2.75, 3.05) is 17.2 Å². The smallest absolute Gasteiger partial charge is 0.225 e. The molecule has 0 unspecified atom stereocenters. The molecule has 0 fully saturated rings. The third kappa shape index (κ3) is 4.80. The molecule has 2 aromatic heterocycles. The lowest BCUT2D eigenvalue weighted by atomic mass is 10.2. The maximum absolute atomic E-state index is 9.29. The molecule has 8 heteroatoms. The average molecular weight is 482 g/mol. The van der Waals surface area contributed by atoms with Crippen molar-refractivity contribution in [3.8, 4) is 11.4 Å². The van der Waals surface area contributed by atoms with E-state index in [-0.39, 0.29) is 12.6 Å². The zero-order chi connectivity index (χ0) is 18.5. The number of anilines is 3. The van der Waals surface area contributed by atoms with Gasteiger partial charge in [-0.15, -0.1) is 0 Å². The van der Waals surface area contributed by atoms with E-state index in [1.54, 1.807) is 6.20 Å². The van der Waals surface area contributed by atoms with Crippen LogP contribution < -0.4 is 10.6 Å². The number of nitrogens with zero attached hydrogens (tertiary/aromatic N) is 3. The Morgan fingerprint density at radius 3 is 2.69 bits per heavy atom. The first-order chi connectivity index (χ1) is 12.5. The van der Waals surface area contributed by atoms with E-state index >= 15 is 0 Å². The van der Waals surface area contributed by atoms with E-state index in [9.17, 15) is 5.11 Å². The van der Waals surface area contributed by atoms with E-state index in [4.69, 9.17) is 11.6 Å². The molecule has 134 valence electrons. The van der Waals surface area contributed by atoms with Gasteiger partial charge in [0, 0.05) is 21.9 Å². The highest BCUT2D eigenvalue weighted by atomic mass is 127. The van der Waals surface area contributed by atoms with E-state index in [2.05, 4.69) is 48.2 Å². The molecule has 0 aliphatic rings. The Labute approximate surface area is 170 Å². The molecular formula is C18H17ClIN5O. The molecule has 0 bridgehead atoms. The normalized spacial score (nSPS) is 11.8. The van der Waals surface area contributed by atoms with Gasteiger partial charge in [-0.2, -0.15) is 4.98 Å². The Bertz CT molecular complexity index is 894. The molecule has 3 N–H and O–H groups in total. The molecular weight excluding hydrogens is 465 g/mol. The summed E-state index contributed by atoms with van der Waals surface area (Å²) in [6, 6.07) is 13.0. The number of rotatable bonds is 6.